The number of aliphatic hydroxyl groups is 4. The predicted octanol–water partition coefficient (Wildman–Crippen LogP) is -0.482. The van der Waals surface area contributed by atoms with Gasteiger partial charge in [-0.1, -0.05) is 6.08 Å². The lowest BCUT2D eigenvalue weighted by atomic mass is 9.80. The Labute approximate surface area is 230 Å². The van der Waals surface area contributed by atoms with Crippen LogP contribution in [0.25, 0.3) is 6.08 Å². The molecule has 13 heteroatoms. The Kier molecular flexibility index (Phi) is 9.66. The van der Waals surface area contributed by atoms with Gasteiger partial charge in [0.25, 0.3) is 0 Å². The van der Waals surface area contributed by atoms with Crippen LogP contribution in [0.4, 0.5) is 0 Å². The van der Waals surface area contributed by atoms with Gasteiger partial charge in [0, 0.05) is 12.0 Å². The number of cyclic esters (lactones) is 1. The topological polar surface area (TPSA) is 191 Å². The van der Waals surface area contributed by atoms with Crippen molar-refractivity contribution in [3.63, 3.8) is 0 Å². The van der Waals surface area contributed by atoms with Crippen molar-refractivity contribution < 1.29 is 63.5 Å². The number of ether oxygens (including phenoxy) is 6. The summed E-state index contributed by atoms with van der Waals surface area (Å²) < 4.78 is 31.8. The highest BCUT2D eigenvalue weighted by Gasteiger charge is 2.47. The largest absolute Gasteiger partial charge is 0.502 e. The van der Waals surface area contributed by atoms with Crippen molar-refractivity contribution in [3.05, 3.63) is 35.4 Å². The molecule has 0 aromatic heterocycles. The Hall–Kier alpha value is -3.20. The molecule has 3 aliphatic rings. The molecule has 0 saturated carbocycles. The molecule has 2 saturated heterocycles. The third-order valence-corrected chi connectivity index (χ3v) is 7.47. The van der Waals surface area contributed by atoms with E-state index in [9.17, 15) is 35.1 Å². The first-order chi connectivity index (χ1) is 19.2. The van der Waals surface area contributed by atoms with Crippen molar-refractivity contribution in [1.29, 1.82) is 0 Å². The second-order valence-corrected chi connectivity index (χ2v) is 9.77. The summed E-state index contributed by atoms with van der Waals surface area (Å²) in [4.78, 5) is 24.7. The summed E-state index contributed by atoms with van der Waals surface area (Å²) in [7, 11) is 2.73. The molecule has 1 aromatic rings. The van der Waals surface area contributed by atoms with E-state index >= 15 is 0 Å². The Morgan fingerprint density at radius 2 is 1.77 bits per heavy atom. The minimum absolute atomic E-state index is 0.120. The Bertz CT molecular complexity index is 1110. The highest BCUT2D eigenvalue weighted by molar-refractivity contribution is 5.87. The Morgan fingerprint density at radius 1 is 1.07 bits per heavy atom. The molecule has 2 heterocycles. The van der Waals surface area contributed by atoms with Crippen LogP contribution in [0.2, 0.25) is 0 Å². The van der Waals surface area contributed by atoms with Crippen molar-refractivity contribution in [1.82, 2.24) is 0 Å². The van der Waals surface area contributed by atoms with Crippen molar-refractivity contribution in [2.24, 2.45) is 17.8 Å². The molecule has 0 unspecified atom stereocenters. The molecule has 13 nitrogen and oxygen atoms in total. The number of methoxy groups -OCH3 is 2. The lowest BCUT2D eigenvalue weighted by Crippen LogP contribution is -2.59. The SMILES string of the molecule is COc1cc(C=CC(=O)OC[C@H]2O[C@@H](OC[C@H]3C(=O)OC[C@@H]4C(CO)=CC[C@@H]43)[C@H](O)[C@@H](O)[C@@H]2O)cc(OC)c1O. The maximum absolute atomic E-state index is 12.4. The van der Waals surface area contributed by atoms with Crippen LogP contribution in [-0.4, -0.2) is 109 Å². The summed E-state index contributed by atoms with van der Waals surface area (Å²) in [5.74, 6) is -2.13. The number of aromatic hydroxyl groups is 1. The van der Waals surface area contributed by atoms with Gasteiger partial charge in [0.2, 0.25) is 5.75 Å². The molecule has 2 aliphatic heterocycles. The fraction of sp³-hybridized carbons (Fsp3) is 0.556. The summed E-state index contributed by atoms with van der Waals surface area (Å²) in [6, 6.07) is 2.96. The van der Waals surface area contributed by atoms with Crippen LogP contribution < -0.4 is 9.47 Å². The highest BCUT2D eigenvalue weighted by atomic mass is 16.7. The molecule has 5 N–H and O–H groups in total. The van der Waals surface area contributed by atoms with E-state index in [4.69, 9.17) is 28.4 Å². The van der Waals surface area contributed by atoms with E-state index in [0.29, 0.717) is 12.0 Å². The van der Waals surface area contributed by atoms with E-state index in [0.717, 1.165) is 11.6 Å². The minimum atomic E-state index is -1.67. The predicted molar refractivity (Wildman–Crippen MR) is 135 cm³/mol. The summed E-state index contributed by atoms with van der Waals surface area (Å²) in [5, 5.41) is 50.7. The Balaban J connectivity index is 1.34. The third kappa shape index (κ3) is 6.24. The molecule has 0 bridgehead atoms. The third-order valence-electron chi connectivity index (χ3n) is 7.47. The number of benzene rings is 1. The zero-order chi connectivity index (χ0) is 29.0. The van der Waals surface area contributed by atoms with Crippen molar-refractivity contribution in [3.8, 4) is 17.2 Å². The van der Waals surface area contributed by atoms with Crippen molar-refractivity contribution in [2.75, 3.05) is 40.6 Å². The molecule has 0 radical (unpaired) electrons. The molecular weight excluding hydrogens is 532 g/mol. The van der Waals surface area contributed by atoms with Crippen LogP contribution in [-0.2, 0) is 28.5 Å². The maximum Gasteiger partial charge on any atom is 0.330 e. The van der Waals surface area contributed by atoms with E-state index in [2.05, 4.69) is 0 Å². The van der Waals surface area contributed by atoms with E-state index in [-0.39, 0.29) is 48.9 Å². The van der Waals surface area contributed by atoms with Gasteiger partial charge in [-0.3, -0.25) is 4.79 Å². The standard InChI is InChI=1S/C27H34O13/c1-35-18-7-13(8-19(36-2)22(18)30)3-6-21(29)37-12-20-23(31)24(32)25(33)27(40-20)39-11-17-15-5-4-14(9-28)16(15)10-38-26(17)34/h3-4,6-8,15-17,20,23-25,27-28,30-33H,5,9-12H2,1-2H3/t15-,16+,17+,20+,23+,24-,25+,27+/m0/s1. The van der Waals surface area contributed by atoms with Gasteiger partial charge in [0.1, 0.15) is 31.0 Å². The number of allylic oxidation sites excluding steroid dienone is 1. The molecule has 0 spiro atoms. The fourth-order valence-corrected chi connectivity index (χ4v) is 5.16. The van der Waals surface area contributed by atoms with Crippen molar-refractivity contribution >= 4 is 18.0 Å². The molecule has 1 aromatic carbocycles. The maximum atomic E-state index is 12.4. The lowest BCUT2D eigenvalue weighted by molar-refractivity contribution is -0.304. The average molecular weight is 567 g/mol. The number of hydrogen-bond acceptors (Lipinski definition) is 13. The zero-order valence-corrected chi connectivity index (χ0v) is 22.0. The molecule has 220 valence electrons. The van der Waals surface area contributed by atoms with Crippen LogP contribution in [0, 0.1) is 17.8 Å². The molecule has 40 heavy (non-hydrogen) atoms. The van der Waals surface area contributed by atoms with Crippen molar-refractivity contribution in [2.45, 2.75) is 37.1 Å². The Morgan fingerprint density at radius 3 is 2.42 bits per heavy atom. The number of hydrogen-bond donors (Lipinski definition) is 5. The molecule has 4 rings (SSSR count). The number of fused-ring (bicyclic) bond motifs is 1. The summed E-state index contributed by atoms with van der Waals surface area (Å²) in [6.45, 7) is -0.620. The van der Waals surface area contributed by atoms with Crippen LogP contribution in [0.1, 0.15) is 12.0 Å². The molecular formula is C27H34O13. The first kappa shape index (κ1) is 29.8. The minimum Gasteiger partial charge on any atom is -0.502 e. The fourth-order valence-electron chi connectivity index (χ4n) is 5.16. The number of esters is 2. The smallest absolute Gasteiger partial charge is 0.330 e. The van der Waals surface area contributed by atoms with Gasteiger partial charge >= 0.3 is 11.9 Å². The first-order valence-electron chi connectivity index (χ1n) is 12.8. The number of phenolic OH excluding ortho intramolecular Hbond substituents is 1. The zero-order valence-electron chi connectivity index (χ0n) is 22.0. The number of phenols is 1. The molecule has 0 amide bonds. The second-order valence-electron chi connectivity index (χ2n) is 9.77. The summed E-state index contributed by atoms with van der Waals surface area (Å²) in [5.41, 5.74) is 1.27. The molecule has 1 aliphatic carbocycles. The van der Waals surface area contributed by atoms with Gasteiger partial charge in [0.15, 0.2) is 17.8 Å². The van der Waals surface area contributed by atoms with Crippen LogP contribution in [0.3, 0.4) is 0 Å². The quantitative estimate of drug-likeness (QED) is 0.139. The second kappa shape index (κ2) is 13.0. The average Bonchev–Trinajstić information content (AvgIpc) is 3.38. The number of carbonyl (C=O) groups excluding carboxylic acids is 2. The van der Waals surface area contributed by atoms with Gasteiger partial charge in [0.05, 0.1) is 40.0 Å². The molecule has 2 fully saturated rings. The normalized spacial score (nSPS) is 31.9. The van der Waals surface area contributed by atoms with E-state index in [1.807, 2.05) is 6.08 Å². The molecule has 8 atom stereocenters. The van der Waals surface area contributed by atoms with Gasteiger partial charge in [-0.15, -0.1) is 0 Å². The van der Waals surface area contributed by atoms with E-state index < -0.39 is 55.2 Å². The first-order valence-corrected chi connectivity index (χ1v) is 12.8. The van der Waals surface area contributed by atoms with Gasteiger partial charge in [-0.2, -0.15) is 0 Å². The van der Waals surface area contributed by atoms with E-state index in [1.165, 1.54) is 32.4 Å². The highest BCUT2D eigenvalue weighted by Crippen LogP contribution is 2.41. The number of aliphatic hydroxyl groups excluding tert-OH is 4. The summed E-state index contributed by atoms with van der Waals surface area (Å²) >= 11 is 0. The lowest BCUT2D eigenvalue weighted by Gasteiger charge is -2.41. The van der Waals surface area contributed by atoms with Gasteiger partial charge in [-0.05, 0) is 41.7 Å². The van der Waals surface area contributed by atoms with Crippen LogP contribution >= 0.6 is 0 Å². The van der Waals surface area contributed by atoms with Gasteiger partial charge < -0.3 is 54.0 Å². The summed E-state index contributed by atoms with van der Waals surface area (Å²) in [6.07, 6.45) is -2.62. The van der Waals surface area contributed by atoms with Crippen LogP contribution in [0.5, 0.6) is 17.2 Å². The van der Waals surface area contributed by atoms with Gasteiger partial charge in [-0.25, -0.2) is 4.79 Å². The number of rotatable bonds is 10. The van der Waals surface area contributed by atoms with E-state index in [1.54, 1.807) is 0 Å². The monoisotopic (exact) mass is 566 g/mol. The van der Waals surface area contributed by atoms with Crippen LogP contribution in [0.15, 0.2) is 29.9 Å². The number of carbonyl (C=O) groups is 2.